The van der Waals surface area contributed by atoms with E-state index in [0.29, 0.717) is 5.75 Å². The van der Waals surface area contributed by atoms with E-state index in [2.05, 4.69) is 18.2 Å². The van der Waals surface area contributed by atoms with Crippen LogP contribution in [-0.4, -0.2) is 16.6 Å². The first-order chi connectivity index (χ1) is 8.66. The Kier molecular flexibility index (Phi) is 2.94. The van der Waals surface area contributed by atoms with Crippen molar-refractivity contribution >= 4 is 22.5 Å². The van der Waals surface area contributed by atoms with Gasteiger partial charge in [-0.15, -0.1) is 11.8 Å². The van der Waals surface area contributed by atoms with Gasteiger partial charge in [0.1, 0.15) is 11.5 Å². The number of carbonyl (C=O) groups is 1. The predicted molar refractivity (Wildman–Crippen MR) is 74.6 cm³/mol. The van der Waals surface area contributed by atoms with Crippen molar-refractivity contribution in [2.24, 2.45) is 5.92 Å². The smallest absolute Gasteiger partial charge is 0.141 e. The van der Waals surface area contributed by atoms with E-state index < -0.39 is 0 Å². The summed E-state index contributed by atoms with van der Waals surface area (Å²) >= 11 is 1.59. The van der Waals surface area contributed by atoms with Crippen molar-refractivity contribution in [1.82, 2.24) is 0 Å². The van der Waals surface area contributed by atoms with Crippen molar-refractivity contribution in [3.05, 3.63) is 40.6 Å². The minimum Gasteiger partial charge on any atom is -0.510 e. The summed E-state index contributed by atoms with van der Waals surface area (Å²) in [5.74, 6) is 0.688. The number of allylic oxidation sites excluding steroid dienone is 1. The largest absolute Gasteiger partial charge is 0.510 e. The zero-order valence-electron chi connectivity index (χ0n) is 10.4. The molecule has 94 valence electrons. The molecule has 0 radical (unpaired) electrons. The Hall–Kier alpha value is -1.22. The van der Waals surface area contributed by atoms with E-state index in [1.807, 2.05) is 0 Å². The molecule has 0 amide bonds. The number of aliphatic hydroxyl groups is 1. The summed E-state index contributed by atoms with van der Waals surface area (Å²) in [5, 5.41) is 10.2. The van der Waals surface area contributed by atoms with Crippen LogP contribution in [0.2, 0.25) is 0 Å². The Bertz CT molecular complexity index is 545. The minimum absolute atomic E-state index is 0.0520. The lowest BCUT2D eigenvalue weighted by molar-refractivity contribution is -0.119. The number of thioether (sulfide) groups is 1. The quantitative estimate of drug-likeness (QED) is 0.886. The van der Waals surface area contributed by atoms with Gasteiger partial charge in [0.15, 0.2) is 0 Å². The van der Waals surface area contributed by atoms with Crippen LogP contribution >= 0.6 is 11.8 Å². The van der Waals surface area contributed by atoms with E-state index in [-0.39, 0.29) is 17.5 Å². The fourth-order valence-corrected chi connectivity index (χ4v) is 4.04. The second-order valence-electron chi connectivity index (χ2n) is 5.03. The van der Waals surface area contributed by atoms with Crippen LogP contribution in [0.5, 0.6) is 0 Å². The lowest BCUT2D eigenvalue weighted by Gasteiger charge is -2.07. The van der Waals surface area contributed by atoms with Gasteiger partial charge in [0, 0.05) is 5.75 Å². The van der Waals surface area contributed by atoms with Gasteiger partial charge < -0.3 is 5.11 Å². The first kappa shape index (κ1) is 11.8. The topological polar surface area (TPSA) is 37.3 Å². The van der Waals surface area contributed by atoms with E-state index in [4.69, 9.17) is 0 Å². The SMILES string of the molecule is CC(=O)C1CSC(c2ccc3c(c2)CCC3)=C1O. The van der Waals surface area contributed by atoms with Gasteiger partial charge in [-0.3, -0.25) is 4.79 Å². The maximum absolute atomic E-state index is 11.4. The molecule has 1 N–H and O–H groups in total. The summed E-state index contributed by atoms with van der Waals surface area (Å²) in [4.78, 5) is 12.3. The van der Waals surface area contributed by atoms with Crippen LogP contribution in [0.4, 0.5) is 0 Å². The van der Waals surface area contributed by atoms with E-state index >= 15 is 0 Å². The Morgan fingerprint density at radius 3 is 2.83 bits per heavy atom. The van der Waals surface area contributed by atoms with Crippen LogP contribution in [0.15, 0.2) is 24.0 Å². The van der Waals surface area contributed by atoms with Crippen molar-refractivity contribution < 1.29 is 9.90 Å². The third-order valence-corrected chi connectivity index (χ3v) is 5.04. The molecule has 3 heteroatoms. The molecule has 0 fully saturated rings. The van der Waals surface area contributed by atoms with Crippen molar-refractivity contribution in [2.45, 2.75) is 26.2 Å². The Morgan fingerprint density at radius 2 is 2.11 bits per heavy atom. The van der Waals surface area contributed by atoms with Gasteiger partial charge in [-0.05, 0) is 42.9 Å². The third kappa shape index (κ3) is 1.87. The van der Waals surface area contributed by atoms with Crippen LogP contribution in [-0.2, 0) is 17.6 Å². The first-order valence-corrected chi connectivity index (χ1v) is 7.34. The van der Waals surface area contributed by atoms with Crippen molar-refractivity contribution in [3.63, 3.8) is 0 Å². The molecule has 1 unspecified atom stereocenters. The Morgan fingerprint density at radius 1 is 1.33 bits per heavy atom. The monoisotopic (exact) mass is 260 g/mol. The van der Waals surface area contributed by atoms with E-state index in [0.717, 1.165) is 16.9 Å². The number of hydrogen-bond donors (Lipinski definition) is 1. The molecule has 0 spiro atoms. The molecule has 1 heterocycles. The zero-order valence-corrected chi connectivity index (χ0v) is 11.2. The van der Waals surface area contributed by atoms with E-state index in [1.54, 1.807) is 18.7 Å². The van der Waals surface area contributed by atoms with Crippen molar-refractivity contribution in [2.75, 3.05) is 5.75 Å². The van der Waals surface area contributed by atoms with Gasteiger partial charge in [-0.25, -0.2) is 0 Å². The molecule has 2 aliphatic rings. The van der Waals surface area contributed by atoms with Crippen LogP contribution in [0.3, 0.4) is 0 Å². The lowest BCUT2D eigenvalue weighted by Crippen LogP contribution is -2.12. The number of benzene rings is 1. The molecule has 1 aliphatic heterocycles. The van der Waals surface area contributed by atoms with Gasteiger partial charge in [-0.1, -0.05) is 18.2 Å². The van der Waals surface area contributed by atoms with Gasteiger partial charge in [-0.2, -0.15) is 0 Å². The molecule has 2 nitrogen and oxygen atoms in total. The number of ketones is 1. The first-order valence-electron chi connectivity index (χ1n) is 6.35. The van der Waals surface area contributed by atoms with Crippen LogP contribution in [0.25, 0.3) is 4.91 Å². The maximum atomic E-state index is 11.4. The number of aryl methyl sites for hydroxylation is 2. The summed E-state index contributed by atoms with van der Waals surface area (Å²) in [6, 6.07) is 6.42. The average molecular weight is 260 g/mol. The predicted octanol–water partition coefficient (Wildman–Crippen LogP) is 3.35. The molecule has 1 aliphatic carbocycles. The van der Waals surface area contributed by atoms with Gasteiger partial charge in [0.25, 0.3) is 0 Å². The van der Waals surface area contributed by atoms with Gasteiger partial charge in [0.05, 0.1) is 10.8 Å². The number of Topliss-reactive ketones (excluding diaryl/α,β-unsaturated/α-hetero) is 1. The molecule has 1 aromatic rings. The molecular weight excluding hydrogens is 244 g/mol. The summed E-state index contributed by atoms with van der Waals surface area (Å²) in [6.45, 7) is 1.55. The summed E-state index contributed by atoms with van der Waals surface area (Å²) in [5.41, 5.74) is 3.91. The Labute approximate surface area is 111 Å². The molecule has 0 bridgehead atoms. The van der Waals surface area contributed by atoms with Crippen LogP contribution in [0.1, 0.15) is 30.0 Å². The summed E-state index contributed by atoms with van der Waals surface area (Å²) in [6.07, 6.45) is 3.54. The van der Waals surface area contributed by atoms with Crippen LogP contribution in [0, 0.1) is 5.92 Å². The standard InChI is InChI=1S/C15H16O2S/c1-9(16)13-8-18-15(14(13)17)12-6-5-10-3-2-4-11(10)7-12/h5-7,13,17H,2-4,8H2,1H3. The fourth-order valence-electron chi connectivity index (χ4n) is 2.73. The highest BCUT2D eigenvalue weighted by Crippen LogP contribution is 2.42. The molecule has 0 aromatic heterocycles. The highest BCUT2D eigenvalue weighted by atomic mass is 32.2. The maximum Gasteiger partial charge on any atom is 0.141 e. The lowest BCUT2D eigenvalue weighted by atomic mass is 10.0. The summed E-state index contributed by atoms with van der Waals surface area (Å²) in [7, 11) is 0. The summed E-state index contributed by atoms with van der Waals surface area (Å²) < 4.78 is 0. The number of rotatable bonds is 2. The van der Waals surface area contributed by atoms with Gasteiger partial charge >= 0.3 is 0 Å². The second-order valence-corrected chi connectivity index (χ2v) is 6.06. The number of hydrogen-bond acceptors (Lipinski definition) is 3. The average Bonchev–Trinajstić information content (AvgIpc) is 2.93. The molecular formula is C15H16O2S. The Balaban J connectivity index is 1.98. The van der Waals surface area contributed by atoms with E-state index in [9.17, 15) is 9.90 Å². The minimum atomic E-state index is -0.307. The number of carbonyl (C=O) groups excluding carboxylic acids is 1. The highest BCUT2D eigenvalue weighted by molar-refractivity contribution is 8.08. The molecule has 1 aromatic carbocycles. The van der Waals surface area contributed by atoms with Gasteiger partial charge in [0.2, 0.25) is 0 Å². The fraction of sp³-hybridized carbons (Fsp3) is 0.400. The van der Waals surface area contributed by atoms with Crippen LogP contribution < -0.4 is 0 Å². The van der Waals surface area contributed by atoms with E-state index in [1.165, 1.54) is 24.0 Å². The second kappa shape index (κ2) is 4.47. The third-order valence-electron chi connectivity index (χ3n) is 3.81. The molecule has 0 saturated carbocycles. The zero-order chi connectivity index (χ0) is 12.7. The number of aliphatic hydroxyl groups excluding tert-OH is 1. The molecule has 1 atom stereocenters. The molecule has 18 heavy (non-hydrogen) atoms. The molecule has 0 saturated heterocycles. The normalized spacial score (nSPS) is 22.4. The highest BCUT2D eigenvalue weighted by Gasteiger charge is 2.30. The van der Waals surface area contributed by atoms with Crippen molar-refractivity contribution in [3.8, 4) is 0 Å². The molecule has 3 rings (SSSR count). The number of fused-ring (bicyclic) bond motifs is 1. The van der Waals surface area contributed by atoms with Crippen molar-refractivity contribution in [1.29, 1.82) is 0 Å².